The van der Waals surface area contributed by atoms with Crippen molar-refractivity contribution in [1.29, 1.82) is 0 Å². The summed E-state index contributed by atoms with van der Waals surface area (Å²) in [6.45, 7) is 4.02. The van der Waals surface area contributed by atoms with Gasteiger partial charge in [-0.2, -0.15) is 0 Å². The van der Waals surface area contributed by atoms with E-state index in [-0.39, 0.29) is 24.2 Å². The van der Waals surface area contributed by atoms with Crippen molar-refractivity contribution in [3.05, 3.63) is 89.4 Å². The fraction of sp³-hybridized carbons (Fsp3) is 0.375. The molecule has 8 heteroatoms. The third-order valence-corrected chi connectivity index (χ3v) is 7.55. The van der Waals surface area contributed by atoms with Crippen LogP contribution in [-0.2, 0) is 17.8 Å². The number of nitrogens with zero attached hydrogens (tertiary/aromatic N) is 4. The zero-order valence-electron chi connectivity index (χ0n) is 22.8. The van der Waals surface area contributed by atoms with Gasteiger partial charge in [0.25, 0.3) is 5.91 Å². The topological polar surface area (TPSA) is 77.9 Å². The van der Waals surface area contributed by atoms with E-state index in [4.69, 9.17) is 0 Å². The van der Waals surface area contributed by atoms with Crippen molar-refractivity contribution >= 4 is 29.5 Å². The summed E-state index contributed by atoms with van der Waals surface area (Å²) < 4.78 is 13.6. The van der Waals surface area contributed by atoms with Gasteiger partial charge in [0.15, 0.2) is 5.82 Å². The highest BCUT2D eigenvalue weighted by molar-refractivity contribution is 6.08. The number of benzene rings is 2. The van der Waals surface area contributed by atoms with Gasteiger partial charge in [-0.3, -0.25) is 9.59 Å². The van der Waals surface area contributed by atoms with Gasteiger partial charge in [0, 0.05) is 19.0 Å². The van der Waals surface area contributed by atoms with Crippen LogP contribution in [0.5, 0.6) is 0 Å². The van der Waals surface area contributed by atoms with Gasteiger partial charge >= 0.3 is 0 Å². The third kappa shape index (κ3) is 7.18. The second kappa shape index (κ2) is 13.4. The Balaban J connectivity index is 1.32. The maximum atomic E-state index is 13.9. The van der Waals surface area contributed by atoms with E-state index in [1.165, 1.54) is 44.0 Å². The maximum absolute atomic E-state index is 13.9. The van der Waals surface area contributed by atoms with E-state index in [9.17, 15) is 14.0 Å². The standard InChI is InChI=1S/C32H36FN5O2/c33-28-13-11-25(12-14-28)23-38-29-20-26(31(39)34-15-8-18-37-16-6-1-2-7-17-37)21-35-30(29)36-22-27(32(38)40)19-24-9-4-3-5-10-24/h3-5,9-14,20-22,27H,1-2,6-8,15-19,23H2,(H,34,39). The van der Waals surface area contributed by atoms with Gasteiger partial charge < -0.3 is 15.1 Å². The van der Waals surface area contributed by atoms with Gasteiger partial charge in [0.1, 0.15) is 5.82 Å². The zero-order valence-corrected chi connectivity index (χ0v) is 22.8. The minimum absolute atomic E-state index is 0.146. The fourth-order valence-electron chi connectivity index (χ4n) is 5.32. The molecule has 2 aliphatic heterocycles. The lowest BCUT2D eigenvalue weighted by Crippen LogP contribution is -2.37. The molecule has 0 bridgehead atoms. The number of fused-ring (bicyclic) bond motifs is 1. The highest BCUT2D eigenvalue weighted by Gasteiger charge is 2.30. The Morgan fingerprint density at radius 1 is 0.975 bits per heavy atom. The van der Waals surface area contributed by atoms with Crippen LogP contribution in [0.25, 0.3) is 0 Å². The summed E-state index contributed by atoms with van der Waals surface area (Å²) in [6, 6.07) is 17.6. The van der Waals surface area contributed by atoms with Gasteiger partial charge in [0.2, 0.25) is 5.91 Å². The zero-order chi connectivity index (χ0) is 27.7. The van der Waals surface area contributed by atoms with E-state index >= 15 is 0 Å². The summed E-state index contributed by atoms with van der Waals surface area (Å²) in [6.07, 6.45) is 9.62. The SMILES string of the molecule is O=C(NCCCN1CCCCCC1)c1cnc2c(c1)N(Cc1ccc(F)cc1)C(=O)C(Cc1ccccc1)C=N2. The molecule has 7 nitrogen and oxygen atoms in total. The maximum Gasteiger partial charge on any atom is 0.252 e. The first-order chi connectivity index (χ1) is 19.6. The Kier molecular flexibility index (Phi) is 9.29. The molecule has 1 N–H and O–H groups in total. The Bertz CT molecular complexity index is 1320. The molecule has 3 heterocycles. The fourth-order valence-corrected chi connectivity index (χ4v) is 5.32. The van der Waals surface area contributed by atoms with Crippen molar-refractivity contribution in [2.75, 3.05) is 31.1 Å². The average molecular weight is 542 g/mol. The molecule has 0 spiro atoms. The van der Waals surface area contributed by atoms with Crippen molar-refractivity contribution in [1.82, 2.24) is 15.2 Å². The highest BCUT2D eigenvalue weighted by Crippen LogP contribution is 2.33. The lowest BCUT2D eigenvalue weighted by Gasteiger charge is -2.25. The third-order valence-electron chi connectivity index (χ3n) is 7.55. The molecule has 208 valence electrons. The number of halogens is 1. The summed E-state index contributed by atoms with van der Waals surface area (Å²) in [4.78, 5) is 40.1. The lowest BCUT2D eigenvalue weighted by atomic mass is 9.98. The summed E-state index contributed by atoms with van der Waals surface area (Å²) in [5.41, 5.74) is 2.64. The van der Waals surface area contributed by atoms with Gasteiger partial charge in [0.05, 0.1) is 23.7 Å². The average Bonchev–Trinajstić information content (AvgIpc) is 3.31. The van der Waals surface area contributed by atoms with E-state index in [2.05, 4.69) is 20.2 Å². The molecular formula is C32H36FN5O2. The predicted molar refractivity (Wildman–Crippen MR) is 155 cm³/mol. The van der Waals surface area contributed by atoms with Crippen LogP contribution in [-0.4, -0.2) is 54.1 Å². The molecule has 0 aliphatic carbocycles. The number of nitrogens with one attached hydrogen (secondary N) is 1. The number of hydrogen-bond donors (Lipinski definition) is 1. The highest BCUT2D eigenvalue weighted by atomic mass is 19.1. The smallest absolute Gasteiger partial charge is 0.252 e. The summed E-state index contributed by atoms with van der Waals surface area (Å²) >= 11 is 0. The minimum Gasteiger partial charge on any atom is -0.352 e. The molecule has 3 aromatic rings. The quantitative estimate of drug-likeness (QED) is 0.372. The van der Waals surface area contributed by atoms with Crippen LogP contribution >= 0.6 is 0 Å². The van der Waals surface area contributed by atoms with E-state index in [1.807, 2.05) is 30.3 Å². The van der Waals surface area contributed by atoms with Gasteiger partial charge in [-0.15, -0.1) is 0 Å². The van der Waals surface area contributed by atoms with Crippen LogP contribution in [0.1, 0.15) is 53.6 Å². The molecule has 1 unspecified atom stereocenters. The Morgan fingerprint density at radius 2 is 1.73 bits per heavy atom. The number of aromatic nitrogens is 1. The van der Waals surface area contributed by atoms with Gasteiger partial charge in [-0.1, -0.05) is 55.3 Å². The van der Waals surface area contributed by atoms with Crippen molar-refractivity contribution < 1.29 is 14.0 Å². The van der Waals surface area contributed by atoms with Crippen LogP contribution in [0, 0.1) is 11.7 Å². The van der Waals surface area contributed by atoms with E-state index in [0.717, 1.165) is 37.2 Å². The number of rotatable bonds is 9. The Labute approximate surface area is 235 Å². The lowest BCUT2D eigenvalue weighted by molar-refractivity contribution is -0.120. The summed E-state index contributed by atoms with van der Waals surface area (Å²) in [7, 11) is 0. The van der Waals surface area contributed by atoms with Crippen molar-refractivity contribution in [3.63, 3.8) is 0 Å². The Hall–Kier alpha value is -3.91. The summed E-state index contributed by atoms with van der Waals surface area (Å²) in [5.74, 6) is -0.841. The molecule has 5 rings (SSSR count). The number of pyridine rings is 1. The molecule has 2 amide bonds. The number of carbonyl (C=O) groups is 2. The second-order valence-corrected chi connectivity index (χ2v) is 10.6. The largest absolute Gasteiger partial charge is 0.352 e. The van der Waals surface area contributed by atoms with Crippen molar-refractivity contribution in [2.24, 2.45) is 10.9 Å². The van der Waals surface area contributed by atoms with Crippen LogP contribution in [0.15, 0.2) is 71.9 Å². The minimum atomic E-state index is -0.506. The predicted octanol–water partition coefficient (Wildman–Crippen LogP) is 5.32. The van der Waals surface area contributed by atoms with E-state index in [1.54, 1.807) is 29.3 Å². The first-order valence-electron chi connectivity index (χ1n) is 14.2. The van der Waals surface area contributed by atoms with Crippen LogP contribution < -0.4 is 10.2 Å². The molecule has 0 saturated carbocycles. The summed E-state index contributed by atoms with van der Waals surface area (Å²) in [5, 5.41) is 3.01. The molecular weight excluding hydrogens is 505 g/mol. The first-order valence-corrected chi connectivity index (χ1v) is 14.2. The molecule has 2 aromatic carbocycles. The number of carbonyl (C=O) groups excluding carboxylic acids is 2. The van der Waals surface area contributed by atoms with Gasteiger partial charge in [-0.05, 0) is 74.6 Å². The van der Waals surface area contributed by atoms with Crippen LogP contribution in [0.4, 0.5) is 15.9 Å². The number of amides is 2. The normalized spacial score (nSPS) is 17.7. The number of aliphatic imine (C=N–C) groups is 1. The monoisotopic (exact) mass is 541 g/mol. The molecule has 1 saturated heterocycles. The Morgan fingerprint density at radius 3 is 2.48 bits per heavy atom. The molecule has 2 aliphatic rings. The molecule has 40 heavy (non-hydrogen) atoms. The van der Waals surface area contributed by atoms with E-state index in [0.29, 0.717) is 30.0 Å². The van der Waals surface area contributed by atoms with E-state index < -0.39 is 5.92 Å². The number of anilines is 1. The molecule has 0 radical (unpaired) electrons. The number of hydrogen-bond acceptors (Lipinski definition) is 5. The molecule has 1 atom stereocenters. The molecule has 1 aromatic heterocycles. The van der Waals surface area contributed by atoms with Crippen molar-refractivity contribution in [3.8, 4) is 0 Å². The van der Waals surface area contributed by atoms with Crippen molar-refractivity contribution in [2.45, 2.75) is 45.1 Å². The van der Waals surface area contributed by atoms with Crippen LogP contribution in [0.2, 0.25) is 0 Å². The van der Waals surface area contributed by atoms with Crippen LogP contribution in [0.3, 0.4) is 0 Å². The number of likely N-dealkylation sites (tertiary alicyclic amines) is 1. The first kappa shape index (κ1) is 27.6. The second-order valence-electron chi connectivity index (χ2n) is 10.6. The van der Waals surface area contributed by atoms with Gasteiger partial charge in [-0.25, -0.2) is 14.4 Å². The molecule has 1 fully saturated rings.